The average Bonchev–Trinajstić information content (AvgIpc) is 2.40. The van der Waals surface area contributed by atoms with Crippen molar-refractivity contribution in [3.05, 3.63) is 28.8 Å². The maximum Gasteiger partial charge on any atom is 0.181 e. The van der Waals surface area contributed by atoms with Gasteiger partial charge in [0.25, 0.3) is 0 Å². The first-order chi connectivity index (χ1) is 9.71. The predicted octanol–water partition coefficient (Wildman–Crippen LogP) is 1.29. The maximum absolute atomic E-state index is 12.5. The molecule has 0 amide bonds. The summed E-state index contributed by atoms with van der Waals surface area (Å²) < 4.78 is 22.9. The standard InChI is InChI=1S/C13H16ClNO4S2/c1-15-5-6-20-12(13(15)17)11(16)9-4-3-8(7-10(9)14)21(2,18)19/h3-4,7,12-13,17H,5-6H2,1-2H3. The number of hydrogen-bond donors (Lipinski definition) is 1. The Morgan fingerprint density at radius 1 is 1.48 bits per heavy atom. The zero-order valence-electron chi connectivity index (χ0n) is 11.6. The van der Waals surface area contributed by atoms with Crippen molar-refractivity contribution < 1.29 is 18.3 Å². The lowest BCUT2D eigenvalue weighted by molar-refractivity contribution is 0.0212. The summed E-state index contributed by atoms with van der Waals surface area (Å²) in [7, 11) is -1.62. The van der Waals surface area contributed by atoms with Gasteiger partial charge < -0.3 is 5.11 Å². The molecule has 5 nitrogen and oxygen atoms in total. The van der Waals surface area contributed by atoms with E-state index in [2.05, 4.69) is 0 Å². The Labute approximate surface area is 133 Å². The minimum Gasteiger partial charge on any atom is -0.377 e. The molecule has 1 aromatic carbocycles. The van der Waals surface area contributed by atoms with Gasteiger partial charge in [0.1, 0.15) is 11.5 Å². The van der Waals surface area contributed by atoms with Gasteiger partial charge in [-0.1, -0.05) is 11.6 Å². The van der Waals surface area contributed by atoms with Gasteiger partial charge in [-0.3, -0.25) is 9.69 Å². The third-order valence-corrected chi connectivity index (χ3v) is 6.01. The van der Waals surface area contributed by atoms with Crippen LogP contribution >= 0.6 is 23.4 Å². The molecule has 21 heavy (non-hydrogen) atoms. The zero-order chi connectivity index (χ0) is 15.8. The van der Waals surface area contributed by atoms with Gasteiger partial charge in [0.15, 0.2) is 15.6 Å². The lowest BCUT2D eigenvalue weighted by atomic mass is 10.1. The van der Waals surface area contributed by atoms with Crippen LogP contribution in [0.25, 0.3) is 0 Å². The van der Waals surface area contributed by atoms with Crippen molar-refractivity contribution in [1.82, 2.24) is 4.90 Å². The number of carbonyl (C=O) groups is 1. The normalized spacial score (nSPS) is 24.0. The first-order valence-electron chi connectivity index (χ1n) is 6.25. The monoisotopic (exact) mass is 349 g/mol. The molecule has 0 saturated carbocycles. The minimum atomic E-state index is -3.37. The van der Waals surface area contributed by atoms with E-state index in [1.54, 1.807) is 11.9 Å². The number of thioether (sulfide) groups is 1. The fraction of sp³-hybridized carbons (Fsp3) is 0.462. The van der Waals surface area contributed by atoms with E-state index in [1.165, 1.54) is 30.0 Å². The number of rotatable bonds is 3. The Kier molecular flexibility index (Phi) is 4.99. The summed E-state index contributed by atoms with van der Waals surface area (Å²) in [5.74, 6) is 0.451. The summed E-state index contributed by atoms with van der Waals surface area (Å²) in [5.41, 5.74) is 0.232. The number of sulfone groups is 1. The lowest BCUT2D eigenvalue weighted by Crippen LogP contribution is -2.48. The molecule has 2 rings (SSSR count). The van der Waals surface area contributed by atoms with Gasteiger partial charge in [-0.25, -0.2) is 8.42 Å². The quantitative estimate of drug-likeness (QED) is 0.829. The van der Waals surface area contributed by atoms with Crippen molar-refractivity contribution in [3.63, 3.8) is 0 Å². The average molecular weight is 350 g/mol. The molecule has 1 aliphatic heterocycles. The van der Waals surface area contributed by atoms with Crippen LogP contribution in [0.5, 0.6) is 0 Å². The maximum atomic E-state index is 12.5. The topological polar surface area (TPSA) is 74.7 Å². The fourth-order valence-electron chi connectivity index (χ4n) is 2.06. The molecular weight excluding hydrogens is 334 g/mol. The molecule has 0 aliphatic carbocycles. The molecule has 1 aliphatic rings. The van der Waals surface area contributed by atoms with E-state index < -0.39 is 21.3 Å². The van der Waals surface area contributed by atoms with E-state index in [4.69, 9.17) is 11.6 Å². The molecule has 0 bridgehead atoms. The van der Waals surface area contributed by atoms with Crippen LogP contribution in [0.4, 0.5) is 0 Å². The molecule has 0 spiro atoms. The molecule has 8 heteroatoms. The Morgan fingerprint density at radius 2 is 2.14 bits per heavy atom. The number of carbonyl (C=O) groups excluding carboxylic acids is 1. The fourth-order valence-corrected chi connectivity index (χ4v) is 4.35. The molecule has 1 aromatic rings. The van der Waals surface area contributed by atoms with Gasteiger partial charge in [0.05, 0.1) is 9.92 Å². The molecule has 1 fully saturated rings. The van der Waals surface area contributed by atoms with Crippen LogP contribution in [0.15, 0.2) is 23.1 Å². The van der Waals surface area contributed by atoms with Crippen LogP contribution in [0, 0.1) is 0 Å². The number of halogens is 1. The summed E-state index contributed by atoms with van der Waals surface area (Å²) in [5, 5.41) is 9.56. The van der Waals surface area contributed by atoms with Gasteiger partial charge in [0, 0.05) is 24.1 Å². The predicted molar refractivity (Wildman–Crippen MR) is 83.8 cm³/mol. The molecular formula is C13H16ClNO4S2. The van der Waals surface area contributed by atoms with Crippen LogP contribution < -0.4 is 0 Å². The number of benzene rings is 1. The number of ketones is 1. The van der Waals surface area contributed by atoms with Crippen molar-refractivity contribution in [2.75, 3.05) is 25.6 Å². The highest BCUT2D eigenvalue weighted by Crippen LogP contribution is 2.29. The molecule has 0 radical (unpaired) electrons. The highest BCUT2D eigenvalue weighted by Gasteiger charge is 2.35. The Bertz CT molecular complexity index is 662. The highest BCUT2D eigenvalue weighted by atomic mass is 35.5. The number of hydrogen-bond acceptors (Lipinski definition) is 6. The van der Waals surface area contributed by atoms with Crippen molar-refractivity contribution in [3.8, 4) is 0 Å². The highest BCUT2D eigenvalue weighted by molar-refractivity contribution is 8.00. The van der Waals surface area contributed by atoms with Gasteiger partial charge in [0.2, 0.25) is 0 Å². The second-order valence-corrected chi connectivity index (χ2v) is 8.64. The van der Waals surface area contributed by atoms with E-state index in [1.807, 2.05) is 0 Å². The van der Waals surface area contributed by atoms with Crippen molar-refractivity contribution >= 4 is 39.0 Å². The minimum absolute atomic E-state index is 0.0676. The summed E-state index contributed by atoms with van der Waals surface area (Å²) in [6.45, 7) is 0.705. The largest absolute Gasteiger partial charge is 0.377 e. The third-order valence-electron chi connectivity index (χ3n) is 3.36. The molecule has 2 atom stereocenters. The third kappa shape index (κ3) is 3.60. The van der Waals surface area contributed by atoms with E-state index in [9.17, 15) is 18.3 Å². The number of Topliss-reactive ketones (excluding diaryl/α,β-unsaturated/α-hetero) is 1. The second kappa shape index (κ2) is 6.26. The van der Waals surface area contributed by atoms with Crippen LogP contribution in [0.1, 0.15) is 10.4 Å². The molecule has 1 saturated heterocycles. The Morgan fingerprint density at radius 3 is 2.71 bits per heavy atom. The van der Waals surface area contributed by atoms with Crippen LogP contribution in [-0.2, 0) is 9.84 Å². The first-order valence-corrected chi connectivity index (χ1v) is 9.57. The van der Waals surface area contributed by atoms with Gasteiger partial charge >= 0.3 is 0 Å². The van der Waals surface area contributed by atoms with Crippen molar-refractivity contribution in [1.29, 1.82) is 0 Å². The van der Waals surface area contributed by atoms with E-state index in [0.29, 0.717) is 6.54 Å². The van der Waals surface area contributed by atoms with Gasteiger partial charge in [-0.05, 0) is 25.2 Å². The Balaban J connectivity index is 2.32. The smallest absolute Gasteiger partial charge is 0.181 e. The molecule has 116 valence electrons. The molecule has 1 heterocycles. The van der Waals surface area contributed by atoms with Crippen LogP contribution in [0.2, 0.25) is 5.02 Å². The lowest BCUT2D eigenvalue weighted by Gasteiger charge is -2.34. The number of aliphatic hydroxyl groups is 1. The van der Waals surface area contributed by atoms with Crippen LogP contribution in [0.3, 0.4) is 0 Å². The van der Waals surface area contributed by atoms with E-state index >= 15 is 0 Å². The van der Waals surface area contributed by atoms with Crippen molar-refractivity contribution in [2.24, 2.45) is 0 Å². The number of nitrogens with zero attached hydrogens (tertiary/aromatic N) is 1. The van der Waals surface area contributed by atoms with E-state index in [0.717, 1.165) is 12.0 Å². The molecule has 1 N–H and O–H groups in total. The Hall–Kier alpha value is -0.600. The van der Waals surface area contributed by atoms with E-state index in [-0.39, 0.29) is 21.3 Å². The molecule has 0 aromatic heterocycles. The second-order valence-electron chi connectivity index (χ2n) is 4.96. The summed E-state index contributed by atoms with van der Waals surface area (Å²) >= 11 is 7.42. The summed E-state index contributed by atoms with van der Waals surface area (Å²) in [6.07, 6.45) is 0.206. The van der Waals surface area contributed by atoms with Crippen LogP contribution in [-0.4, -0.2) is 61.3 Å². The van der Waals surface area contributed by atoms with Gasteiger partial charge in [-0.15, -0.1) is 11.8 Å². The molecule has 2 unspecified atom stereocenters. The SMILES string of the molecule is CN1CCSC(C(=O)c2ccc(S(C)(=O)=O)cc2Cl)C1O. The zero-order valence-corrected chi connectivity index (χ0v) is 14.0. The number of aliphatic hydroxyl groups excluding tert-OH is 1. The summed E-state index contributed by atoms with van der Waals surface area (Å²) in [4.78, 5) is 14.3. The van der Waals surface area contributed by atoms with Gasteiger partial charge in [-0.2, -0.15) is 0 Å². The summed E-state index contributed by atoms with van der Waals surface area (Å²) in [6, 6.07) is 4.04. The first kappa shape index (κ1) is 16.8. The van der Waals surface area contributed by atoms with Crippen molar-refractivity contribution in [2.45, 2.75) is 16.4 Å².